The molecule has 1 aromatic heterocycles. The predicted molar refractivity (Wildman–Crippen MR) is 108 cm³/mol. The summed E-state index contributed by atoms with van der Waals surface area (Å²) in [4.78, 5) is 33.9. The van der Waals surface area contributed by atoms with E-state index >= 15 is 0 Å². The Kier molecular flexibility index (Phi) is 6.55. The van der Waals surface area contributed by atoms with Gasteiger partial charge >= 0.3 is 0 Å². The summed E-state index contributed by atoms with van der Waals surface area (Å²) in [5, 5.41) is 15.7. The smallest absolute Gasteiger partial charge is 0.237 e. The molecule has 7 N–H and O–H groups in total. The van der Waals surface area contributed by atoms with Crippen LogP contribution in [0.2, 0.25) is 0 Å². The van der Waals surface area contributed by atoms with E-state index in [0.29, 0.717) is 37.4 Å². The highest BCUT2D eigenvalue weighted by molar-refractivity contribution is 7.20. The van der Waals surface area contributed by atoms with Crippen LogP contribution in [0.25, 0.3) is 10.2 Å². The molecule has 2 heterocycles. The topological polar surface area (TPSA) is 156 Å². The standard InChI is InChI=1S/C18H24N6O3S/c19-18(20)21-7-3-5-12(23-16(27)13-8-10(25)9-22-13)15(26)17-24-11-4-1-2-6-14(11)28-17/h1-2,4,6,10,12-13,22,25H,3,5,7-9H2,(H,23,27)(H4,19,20,21)/t10?,12?,13-/m0/s1. The third kappa shape index (κ3) is 5.03. The Morgan fingerprint density at radius 3 is 2.86 bits per heavy atom. The SMILES string of the molecule is NC(N)=NCCCC(NC(=O)[C@@H]1CC(O)CN1)C(=O)c1nc2ccccc2s1. The van der Waals surface area contributed by atoms with Gasteiger partial charge in [-0.1, -0.05) is 12.1 Å². The van der Waals surface area contributed by atoms with Gasteiger partial charge in [-0.15, -0.1) is 11.3 Å². The summed E-state index contributed by atoms with van der Waals surface area (Å²) in [7, 11) is 0. The van der Waals surface area contributed by atoms with Crippen molar-refractivity contribution < 1.29 is 14.7 Å². The number of aliphatic imine (C=N–C) groups is 1. The third-order valence-corrected chi connectivity index (χ3v) is 5.56. The molecular weight excluding hydrogens is 380 g/mol. The first-order valence-corrected chi connectivity index (χ1v) is 9.92. The molecule has 0 radical (unpaired) electrons. The van der Waals surface area contributed by atoms with Crippen LogP contribution in [0, 0.1) is 0 Å². The van der Waals surface area contributed by atoms with E-state index in [4.69, 9.17) is 11.5 Å². The molecule has 1 saturated heterocycles. The maximum atomic E-state index is 13.0. The van der Waals surface area contributed by atoms with Crippen molar-refractivity contribution in [3.05, 3.63) is 29.3 Å². The van der Waals surface area contributed by atoms with Crippen LogP contribution in [0.15, 0.2) is 29.3 Å². The highest BCUT2D eigenvalue weighted by Gasteiger charge is 2.31. The monoisotopic (exact) mass is 404 g/mol. The largest absolute Gasteiger partial charge is 0.392 e. The highest BCUT2D eigenvalue weighted by Crippen LogP contribution is 2.23. The number of ketones is 1. The van der Waals surface area contributed by atoms with E-state index < -0.39 is 18.2 Å². The van der Waals surface area contributed by atoms with Crippen molar-refractivity contribution in [2.75, 3.05) is 13.1 Å². The Hall–Kier alpha value is -2.56. The van der Waals surface area contributed by atoms with Gasteiger partial charge in [0.05, 0.1) is 28.4 Å². The zero-order valence-electron chi connectivity index (χ0n) is 15.3. The van der Waals surface area contributed by atoms with Crippen molar-refractivity contribution in [3.8, 4) is 0 Å². The lowest BCUT2D eigenvalue weighted by atomic mass is 10.1. The molecule has 1 aliphatic heterocycles. The number of nitrogens with one attached hydrogen (secondary N) is 2. The minimum absolute atomic E-state index is 0.0118. The van der Waals surface area contributed by atoms with Gasteiger partial charge in [0.2, 0.25) is 11.7 Å². The average Bonchev–Trinajstić information content (AvgIpc) is 3.29. The van der Waals surface area contributed by atoms with E-state index in [2.05, 4.69) is 20.6 Å². The number of aliphatic hydroxyl groups is 1. The predicted octanol–water partition coefficient (Wildman–Crippen LogP) is -0.260. The number of hydrogen-bond acceptors (Lipinski definition) is 7. The first-order chi connectivity index (χ1) is 13.4. The number of guanidine groups is 1. The molecule has 1 amide bonds. The molecule has 3 rings (SSSR count). The van der Waals surface area contributed by atoms with E-state index in [0.717, 1.165) is 10.2 Å². The molecule has 0 bridgehead atoms. The second kappa shape index (κ2) is 9.09. The molecule has 28 heavy (non-hydrogen) atoms. The average molecular weight is 404 g/mol. The van der Waals surface area contributed by atoms with Crippen LogP contribution in [-0.4, -0.2) is 59.0 Å². The van der Waals surface area contributed by atoms with Crippen LogP contribution >= 0.6 is 11.3 Å². The molecule has 3 atom stereocenters. The number of nitrogens with two attached hydrogens (primary N) is 2. The summed E-state index contributed by atoms with van der Waals surface area (Å²) in [6.45, 7) is 0.723. The Bertz CT molecular complexity index is 846. The number of fused-ring (bicyclic) bond motifs is 1. The normalized spacial score (nSPS) is 20.0. The summed E-state index contributed by atoms with van der Waals surface area (Å²) < 4.78 is 0.914. The van der Waals surface area contributed by atoms with Gasteiger partial charge in [0.25, 0.3) is 0 Å². The molecular formula is C18H24N6O3S. The van der Waals surface area contributed by atoms with Crippen LogP contribution in [0.5, 0.6) is 0 Å². The number of nitrogens with zero attached hydrogens (tertiary/aromatic N) is 2. The number of carbonyl (C=O) groups excluding carboxylic acids is 2. The number of β-amino-alcohol motifs (C(OH)–C–C–N with tert-alkyl or cyclic N) is 1. The number of amides is 1. The van der Waals surface area contributed by atoms with Gasteiger partial charge in [0.15, 0.2) is 11.0 Å². The number of carbonyl (C=O) groups is 2. The third-order valence-electron chi connectivity index (χ3n) is 4.51. The molecule has 0 aliphatic carbocycles. The van der Waals surface area contributed by atoms with Crippen molar-refractivity contribution in [2.45, 2.75) is 37.5 Å². The Morgan fingerprint density at radius 1 is 1.39 bits per heavy atom. The number of aromatic nitrogens is 1. The number of rotatable bonds is 8. The number of aliphatic hydroxyl groups excluding tert-OH is 1. The molecule has 0 saturated carbocycles. The lowest BCUT2D eigenvalue weighted by Crippen LogP contribution is -2.48. The lowest BCUT2D eigenvalue weighted by molar-refractivity contribution is -0.123. The van der Waals surface area contributed by atoms with Gasteiger partial charge in [0.1, 0.15) is 0 Å². The Labute approximate surface area is 166 Å². The van der Waals surface area contributed by atoms with E-state index in [9.17, 15) is 14.7 Å². The maximum absolute atomic E-state index is 13.0. The minimum Gasteiger partial charge on any atom is -0.392 e. The molecule has 2 unspecified atom stereocenters. The second-order valence-corrected chi connectivity index (χ2v) is 7.74. The van der Waals surface area contributed by atoms with Crippen LogP contribution in [0.1, 0.15) is 29.1 Å². The van der Waals surface area contributed by atoms with Crippen molar-refractivity contribution in [1.82, 2.24) is 15.6 Å². The van der Waals surface area contributed by atoms with Crippen LogP contribution in [0.3, 0.4) is 0 Å². The zero-order chi connectivity index (χ0) is 20.1. The number of hydrogen-bond donors (Lipinski definition) is 5. The number of thiazole rings is 1. The molecule has 1 aliphatic rings. The first-order valence-electron chi connectivity index (χ1n) is 9.11. The second-order valence-electron chi connectivity index (χ2n) is 6.71. The van der Waals surface area contributed by atoms with Crippen molar-refractivity contribution in [2.24, 2.45) is 16.5 Å². The van der Waals surface area contributed by atoms with E-state index in [-0.39, 0.29) is 17.6 Å². The Morgan fingerprint density at radius 2 is 2.18 bits per heavy atom. The lowest BCUT2D eigenvalue weighted by Gasteiger charge is -2.19. The van der Waals surface area contributed by atoms with Crippen LogP contribution < -0.4 is 22.1 Å². The molecule has 10 heteroatoms. The quantitative estimate of drug-likeness (QED) is 0.176. The van der Waals surface area contributed by atoms with E-state index in [1.54, 1.807) is 0 Å². The van der Waals surface area contributed by atoms with E-state index in [1.807, 2.05) is 24.3 Å². The summed E-state index contributed by atoms with van der Waals surface area (Å²) in [5.41, 5.74) is 11.4. The highest BCUT2D eigenvalue weighted by atomic mass is 32.1. The molecule has 2 aromatic rings. The maximum Gasteiger partial charge on any atom is 0.237 e. The van der Waals surface area contributed by atoms with Crippen LogP contribution in [-0.2, 0) is 4.79 Å². The first kappa shape index (κ1) is 20.2. The minimum atomic E-state index is -0.734. The van der Waals surface area contributed by atoms with Gasteiger partial charge in [0, 0.05) is 13.1 Å². The van der Waals surface area contributed by atoms with Gasteiger partial charge in [-0.3, -0.25) is 14.6 Å². The molecule has 0 spiro atoms. The van der Waals surface area contributed by atoms with Crippen molar-refractivity contribution >= 4 is 39.2 Å². The summed E-state index contributed by atoms with van der Waals surface area (Å²) >= 11 is 1.30. The van der Waals surface area contributed by atoms with Gasteiger partial charge in [-0.05, 0) is 31.4 Å². The Balaban J connectivity index is 1.72. The fourth-order valence-corrected chi connectivity index (χ4v) is 4.05. The van der Waals surface area contributed by atoms with E-state index in [1.165, 1.54) is 11.3 Å². The molecule has 1 aromatic carbocycles. The van der Waals surface area contributed by atoms with Crippen molar-refractivity contribution in [1.29, 1.82) is 0 Å². The zero-order valence-corrected chi connectivity index (χ0v) is 16.1. The molecule has 1 fully saturated rings. The summed E-state index contributed by atoms with van der Waals surface area (Å²) in [6, 6.07) is 6.25. The number of para-hydroxylation sites is 1. The summed E-state index contributed by atoms with van der Waals surface area (Å²) in [5.74, 6) is -0.558. The van der Waals surface area contributed by atoms with Gasteiger partial charge in [-0.2, -0.15) is 0 Å². The molecule has 150 valence electrons. The van der Waals surface area contributed by atoms with Gasteiger partial charge in [-0.25, -0.2) is 4.98 Å². The fourth-order valence-electron chi connectivity index (χ4n) is 3.09. The van der Waals surface area contributed by atoms with Crippen LogP contribution in [0.4, 0.5) is 0 Å². The fraction of sp³-hybridized carbons (Fsp3) is 0.444. The number of Topliss-reactive ketones (excluding diaryl/α,β-unsaturated/α-hetero) is 1. The number of benzene rings is 1. The summed E-state index contributed by atoms with van der Waals surface area (Å²) in [6.07, 6.45) is 0.672. The van der Waals surface area contributed by atoms with Crippen molar-refractivity contribution in [3.63, 3.8) is 0 Å². The molecule has 9 nitrogen and oxygen atoms in total. The van der Waals surface area contributed by atoms with Gasteiger partial charge < -0.3 is 27.2 Å².